The molecule has 0 saturated heterocycles. The molecule has 0 spiro atoms. The Kier molecular flexibility index (Phi) is 4.40. The molecule has 0 atom stereocenters. The summed E-state index contributed by atoms with van der Waals surface area (Å²) in [5, 5.41) is 13.1. The smallest absolute Gasteiger partial charge is 0.240 e. The maximum atomic E-state index is 12.3. The summed E-state index contributed by atoms with van der Waals surface area (Å²) in [6.45, 7) is 1.96. The quantitative estimate of drug-likeness (QED) is 0.896. The van der Waals surface area contributed by atoms with Crippen molar-refractivity contribution in [3.8, 4) is 6.07 Å². The maximum Gasteiger partial charge on any atom is 0.240 e. The average Bonchev–Trinajstić information content (AvgIpc) is 2.84. The minimum atomic E-state index is -3.62. The predicted molar refractivity (Wildman–Crippen MR) is 78.0 cm³/mol. The highest BCUT2D eigenvalue weighted by Crippen LogP contribution is 2.16. The molecular formula is C14H16N4O2S. The third kappa shape index (κ3) is 3.68. The first-order chi connectivity index (χ1) is 9.92. The molecule has 0 aliphatic rings. The van der Waals surface area contributed by atoms with E-state index in [0.717, 1.165) is 5.69 Å². The summed E-state index contributed by atoms with van der Waals surface area (Å²) in [5.41, 5.74) is 1.76. The first kappa shape index (κ1) is 15.2. The number of hydrogen-bond acceptors (Lipinski definition) is 4. The van der Waals surface area contributed by atoms with Crippen molar-refractivity contribution in [2.45, 2.75) is 18.2 Å². The molecule has 0 bridgehead atoms. The van der Waals surface area contributed by atoms with Crippen LogP contribution in [-0.4, -0.2) is 24.7 Å². The van der Waals surface area contributed by atoms with E-state index in [-0.39, 0.29) is 11.4 Å². The van der Waals surface area contributed by atoms with Crippen LogP contribution in [0.4, 0.5) is 0 Å². The van der Waals surface area contributed by atoms with Crippen molar-refractivity contribution >= 4 is 10.0 Å². The van der Waals surface area contributed by atoms with Crippen LogP contribution in [0, 0.1) is 18.3 Å². The molecule has 1 N–H and O–H groups in total. The minimum absolute atomic E-state index is 0.141. The summed E-state index contributed by atoms with van der Waals surface area (Å²) in [6, 6.07) is 8.41. The lowest BCUT2D eigenvalue weighted by molar-refractivity contribution is 0.580. The Morgan fingerprint density at radius 1 is 1.38 bits per heavy atom. The number of hydrogen-bond donors (Lipinski definition) is 1. The van der Waals surface area contributed by atoms with Gasteiger partial charge in [0.1, 0.15) is 0 Å². The number of rotatable bonds is 5. The van der Waals surface area contributed by atoms with E-state index < -0.39 is 10.0 Å². The number of benzene rings is 1. The molecule has 21 heavy (non-hydrogen) atoms. The van der Waals surface area contributed by atoms with E-state index in [2.05, 4.69) is 9.82 Å². The van der Waals surface area contributed by atoms with Crippen LogP contribution in [-0.2, 0) is 23.5 Å². The molecule has 0 radical (unpaired) electrons. The fourth-order valence-electron chi connectivity index (χ4n) is 1.95. The topological polar surface area (TPSA) is 87.8 Å². The number of aryl methyl sites for hydroxylation is 2. The monoisotopic (exact) mass is 304 g/mol. The molecule has 2 aromatic rings. The van der Waals surface area contributed by atoms with Gasteiger partial charge in [-0.05, 0) is 30.7 Å². The summed E-state index contributed by atoms with van der Waals surface area (Å²) < 4.78 is 28.8. The zero-order valence-electron chi connectivity index (χ0n) is 11.9. The van der Waals surface area contributed by atoms with Gasteiger partial charge in [-0.3, -0.25) is 4.68 Å². The van der Waals surface area contributed by atoms with Gasteiger partial charge in [0.25, 0.3) is 0 Å². The molecule has 110 valence electrons. The lowest BCUT2D eigenvalue weighted by Gasteiger charge is -2.09. The number of aromatic nitrogens is 2. The molecule has 1 aromatic carbocycles. The van der Waals surface area contributed by atoms with Gasteiger partial charge >= 0.3 is 0 Å². The summed E-state index contributed by atoms with van der Waals surface area (Å²) in [4.78, 5) is 0.141. The van der Waals surface area contributed by atoms with Gasteiger partial charge in [0.05, 0.1) is 22.2 Å². The van der Waals surface area contributed by atoms with E-state index in [1.54, 1.807) is 23.7 Å². The van der Waals surface area contributed by atoms with Crippen LogP contribution >= 0.6 is 0 Å². The fraction of sp³-hybridized carbons (Fsp3) is 0.286. The minimum Gasteiger partial charge on any atom is -0.276 e. The summed E-state index contributed by atoms with van der Waals surface area (Å²) in [5.74, 6) is 0. The molecule has 1 aromatic heterocycles. The molecule has 0 fully saturated rings. The molecule has 0 aliphatic heterocycles. The maximum absolute atomic E-state index is 12.3. The number of nitrogens with zero attached hydrogens (tertiary/aromatic N) is 3. The molecule has 6 nitrogen and oxygen atoms in total. The van der Waals surface area contributed by atoms with Gasteiger partial charge in [-0.25, -0.2) is 13.1 Å². The number of nitrogens with one attached hydrogen (secondary N) is 1. The summed E-state index contributed by atoms with van der Waals surface area (Å²) in [7, 11) is -1.81. The van der Waals surface area contributed by atoms with Gasteiger partial charge in [0.15, 0.2) is 0 Å². The zero-order valence-corrected chi connectivity index (χ0v) is 12.7. The summed E-state index contributed by atoms with van der Waals surface area (Å²) >= 11 is 0. The number of nitriles is 1. The molecule has 0 saturated carbocycles. The average molecular weight is 304 g/mol. The zero-order chi connectivity index (χ0) is 15.5. The second-order valence-electron chi connectivity index (χ2n) is 4.72. The van der Waals surface area contributed by atoms with Gasteiger partial charge in [0.2, 0.25) is 10.0 Å². The normalized spacial score (nSPS) is 11.3. The third-order valence-corrected chi connectivity index (χ3v) is 4.65. The molecule has 1 heterocycles. The van der Waals surface area contributed by atoms with Gasteiger partial charge in [-0.1, -0.05) is 6.07 Å². The van der Waals surface area contributed by atoms with E-state index in [4.69, 9.17) is 5.26 Å². The van der Waals surface area contributed by atoms with Crippen molar-refractivity contribution in [2.24, 2.45) is 7.05 Å². The first-order valence-electron chi connectivity index (χ1n) is 6.41. The van der Waals surface area contributed by atoms with E-state index >= 15 is 0 Å². The van der Waals surface area contributed by atoms with Crippen LogP contribution in [0.25, 0.3) is 0 Å². The lowest BCUT2D eigenvalue weighted by Crippen LogP contribution is -2.26. The second-order valence-corrected chi connectivity index (χ2v) is 6.46. The van der Waals surface area contributed by atoms with Gasteiger partial charge in [0, 0.05) is 26.2 Å². The molecule has 2 rings (SSSR count). The van der Waals surface area contributed by atoms with Crippen molar-refractivity contribution in [2.75, 3.05) is 6.54 Å². The molecule has 0 unspecified atom stereocenters. The highest BCUT2D eigenvalue weighted by Gasteiger charge is 2.17. The highest BCUT2D eigenvalue weighted by molar-refractivity contribution is 7.89. The van der Waals surface area contributed by atoms with E-state index in [0.29, 0.717) is 17.5 Å². The van der Waals surface area contributed by atoms with Crippen molar-refractivity contribution in [3.05, 3.63) is 47.3 Å². The van der Waals surface area contributed by atoms with E-state index in [1.807, 2.05) is 25.4 Å². The van der Waals surface area contributed by atoms with Crippen LogP contribution in [0.15, 0.2) is 35.4 Å². The van der Waals surface area contributed by atoms with Crippen LogP contribution in [0.2, 0.25) is 0 Å². The van der Waals surface area contributed by atoms with Gasteiger partial charge in [-0.2, -0.15) is 10.4 Å². The van der Waals surface area contributed by atoms with Gasteiger partial charge in [-0.15, -0.1) is 0 Å². The Labute approximate surface area is 124 Å². The summed E-state index contributed by atoms with van der Waals surface area (Å²) in [6.07, 6.45) is 2.32. The Bertz CT molecular complexity index is 788. The van der Waals surface area contributed by atoms with Crippen molar-refractivity contribution in [1.82, 2.24) is 14.5 Å². The largest absolute Gasteiger partial charge is 0.276 e. The lowest BCUT2D eigenvalue weighted by atomic mass is 10.2. The SMILES string of the molecule is Cc1ccc(C#N)cc1S(=O)(=O)NCCc1ccn(C)n1. The fourth-order valence-corrected chi connectivity index (χ4v) is 3.25. The molecule has 0 amide bonds. The Morgan fingerprint density at radius 3 is 2.76 bits per heavy atom. The van der Waals surface area contributed by atoms with Crippen LogP contribution in [0.1, 0.15) is 16.8 Å². The van der Waals surface area contributed by atoms with Crippen molar-refractivity contribution in [3.63, 3.8) is 0 Å². The van der Waals surface area contributed by atoms with Crippen LogP contribution in [0.5, 0.6) is 0 Å². The second kappa shape index (κ2) is 6.08. The Hall–Kier alpha value is -2.17. The van der Waals surface area contributed by atoms with Gasteiger partial charge < -0.3 is 0 Å². The Balaban J connectivity index is 2.10. The van der Waals surface area contributed by atoms with E-state index in [1.165, 1.54) is 6.07 Å². The first-order valence-corrected chi connectivity index (χ1v) is 7.89. The Morgan fingerprint density at radius 2 is 2.14 bits per heavy atom. The molecular weight excluding hydrogens is 288 g/mol. The molecule has 0 aliphatic carbocycles. The number of sulfonamides is 1. The van der Waals surface area contributed by atoms with Crippen molar-refractivity contribution in [1.29, 1.82) is 5.26 Å². The van der Waals surface area contributed by atoms with E-state index in [9.17, 15) is 8.42 Å². The highest BCUT2D eigenvalue weighted by atomic mass is 32.2. The van der Waals surface area contributed by atoms with Crippen molar-refractivity contribution < 1.29 is 8.42 Å². The molecule has 7 heteroatoms. The predicted octanol–water partition coefficient (Wildman–Crippen LogP) is 1.12. The third-order valence-electron chi connectivity index (χ3n) is 3.05. The standard InChI is InChI=1S/C14H16N4O2S/c1-11-3-4-12(10-15)9-14(11)21(19,20)16-7-5-13-6-8-18(2)17-13/h3-4,6,8-9,16H,5,7H2,1-2H3. The van der Waals surface area contributed by atoms with Crippen LogP contribution < -0.4 is 4.72 Å². The van der Waals surface area contributed by atoms with Crippen LogP contribution in [0.3, 0.4) is 0 Å².